The Bertz CT molecular complexity index is 941. The average molecular weight is 379 g/mol. The maximum absolute atomic E-state index is 12.6. The number of aromatic nitrogens is 4. The highest BCUT2D eigenvalue weighted by atomic mass is 32.2. The number of anilines is 1. The molecule has 0 saturated heterocycles. The van der Waals surface area contributed by atoms with Crippen LogP contribution in [0, 0.1) is 0 Å². The van der Waals surface area contributed by atoms with Gasteiger partial charge in [0.15, 0.2) is 0 Å². The number of thioether (sulfide) groups is 1. The number of fused-ring (bicyclic) bond motifs is 1. The minimum atomic E-state index is -0.307. The lowest BCUT2D eigenvalue weighted by atomic mass is 10.1. The van der Waals surface area contributed by atoms with Gasteiger partial charge in [0.1, 0.15) is 0 Å². The van der Waals surface area contributed by atoms with Gasteiger partial charge >= 0.3 is 0 Å². The Kier molecular flexibility index (Phi) is 5.20. The van der Waals surface area contributed by atoms with Gasteiger partial charge in [0.05, 0.1) is 11.8 Å². The molecule has 1 aromatic heterocycles. The summed E-state index contributed by atoms with van der Waals surface area (Å²) in [4.78, 5) is 12.6. The molecule has 2 aromatic carbocycles. The summed E-state index contributed by atoms with van der Waals surface area (Å²) in [5.41, 5.74) is 4.72. The molecule has 7 heteroatoms. The molecule has 0 fully saturated rings. The zero-order valence-electron chi connectivity index (χ0n) is 15.1. The van der Waals surface area contributed by atoms with E-state index in [0.717, 1.165) is 24.1 Å². The van der Waals surface area contributed by atoms with Crippen molar-refractivity contribution in [2.75, 3.05) is 5.32 Å². The van der Waals surface area contributed by atoms with Crippen LogP contribution in [0.5, 0.6) is 0 Å². The highest BCUT2D eigenvalue weighted by Gasteiger charge is 2.19. The quantitative estimate of drug-likeness (QED) is 0.665. The van der Waals surface area contributed by atoms with Crippen molar-refractivity contribution < 1.29 is 4.79 Å². The fourth-order valence-electron chi connectivity index (χ4n) is 3.24. The Morgan fingerprint density at radius 3 is 2.85 bits per heavy atom. The summed E-state index contributed by atoms with van der Waals surface area (Å²) in [5, 5.41) is 15.2. The number of aryl methyl sites for hydroxylation is 2. The van der Waals surface area contributed by atoms with Crippen molar-refractivity contribution in [3.05, 3.63) is 65.2 Å². The maximum Gasteiger partial charge on any atom is 0.237 e. The van der Waals surface area contributed by atoms with Gasteiger partial charge in [0.25, 0.3) is 0 Å². The summed E-state index contributed by atoms with van der Waals surface area (Å²) in [6.07, 6.45) is 3.43. The number of carbonyl (C=O) groups excluding carboxylic acids is 1. The van der Waals surface area contributed by atoms with E-state index in [1.807, 2.05) is 43.3 Å². The Morgan fingerprint density at radius 2 is 2.00 bits per heavy atom. The highest BCUT2D eigenvalue weighted by molar-refractivity contribution is 8.00. The summed E-state index contributed by atoms with van der Waals surface area (Å²) in [6.45, 7) is 2.45. The first kappa shape index (κ1) is 17.7. The standard InChI is InChI=1S/C20H21N5OS/c1-14(19(26)21-18-11-10-16-8-5-9-17(16)12-18)27-20-22-23-24-25(20)13-15-6-3-2-4-7-15/h2-4,6-7,10-12,14H,5,8-9,13H2,1H3,(H,21,26). The molecule has 4 rings (SSSR count). The van der Waals surface area contributed by atoms with Gasteiger partial charge in [-0.2, -0.15) is 0 Å². The molecule has 1 atom stereocenters. The lowest BCUT2D eigenvalue weighted by Gasteiger charge is -2.12. The van der Waals surface area contributed by atoms with Crippen LogP contribution in [0.1, 0.15) is 30.0 Å². The van der Waals surface area contributed by atoms with Crippen LogP contribution >= 0.6 is 11.8 Å². The Labute approximate surface area is 162 Å². The van der Waals surface area contributed by atoms with Gasteiger partial charge in [0, 0.05) is 5.69 Å². The molecule has 0 spiro atoms. The van der Waals surface area contributed by atoms with Crippen LogP contribution in [0.3, 0.4) is 0 Å². The second kappa shape index (κ2) is 7.92. The second-order valence-electron chi connectivity index (χ2n) is 6.69. The molecular weight excluding hydrogens is 358 g/mol. The summed E-state index contributed by atoms with van der Waals surface area (Å²) in [6, 6.07) is 16.2. The molecule has 1 aliphatic carbocycles. The zero-order chi connectivity index (χ0) is 18.6. The van der Waals surface area contributed by atoms with E-state index >= 15 is 0 Å². The number of benzene rings is 2. The van der Waals surface area contributed by atoms with Crippen LogP contribution in [-0.2, 0) is 24.2 Å². The minimum Gasteiger partial charge on any atom is -0.325 e. The number of amides is 1. The van der Waals surface area contributed by atoms with E-state index in [2.05, 4.69) is 33.0 Å². The molecule has 0 saturated carbocycles. The highest BCUT2D eigenvalue weighted by Crippen LogP contribution is 2.26. The molecule has 138 valence electrons. The van der Waals surface area contributed by atoms with E-state index < -0.39 is 0 Å². The van der Waals surface area contributed by atoms with E-state index in [9.17, 15) is 4.79 Å². The topological polar surface area (TPSA) is 72.7 Å². The van der Waals surface area contributed by atoms with Gasteiger partial charge in [-0.25, -0.2) is 4.68 Å². The minimum absolute atomic E-state index is 0.0489. The van der Waals surface area contributed by atoms with Gasteiger partial charge in [-0.15, -0.1) is 5.10 Å². The van der Waals surface area contributed by atoms with Crippen molar-refractivity contribution in [2.45, 2.75) is 43.1 Å². The molecule has 1 unspecified atom stereocenters. The second-order valence-corrected chi connectivity index (χ2v) is 8.00. The predicted octanol–water partition coefficient (Wildman–Crippen LogP) is 3.33. The van der Waals surface area contributed by atoms with Gasteiger partial charge in [-0.05, 0) is 65.4 Å². The summed E-state index contributed by atoms with van der Waals surface area (Å²) < 4.78 is 1.72. The van der Waals surface area contributed by atoms with Crippen molar-refractivity contribution in [2.24, 2.45) is 0 Å². The molecular formula is C20H21N5OS. The molecule has 1 aliphatic rings. The Hall–Kier alpha value is -2.67. The van der Waals surface area contributed by atoms with Crippen molar-refractivity contribution in [3.8, 4) is 0 Å². The van der Waals surface area contributed by atoms with Gasteiger partial charge in [0.2, 0.25) is 11.1 Å². The van der Waals surface area contributed by atoms with Crippen LogP contribution in [0.4, 0.5) is 5.69 Å². The largest absolute Gasteiger partial charge is 0.325 e. The SMILES string of the molecule is CC(Sc1nnnn1Cc1ccccc1)C(=O)Nc1ccc2c(c1)CCC2. The lowest BCUT2D eigenvalue weighted by molar-refractivity contribution is -0.115. The number of nitrogens with one attached hydrogen (secondary N) is 1. The third-order valence-electron chi connectivity index (χ3n) is 4.69. The van der Waals surface area contributed by atoms with E-state index in [1.165, 1.54) is 29.3 Å². The number of carbonyl (C=O) groups is 1. The van der Waals surface area contributed by atoms with Crippen LogP contribution in [0.25, 0.3) is 0 Å². The van der Waals surface area contributed by atoms with Crippen molar-refractivity contribution in [1.29, 1.82) is 0 Å². The van der Waals surface area contributed by atoms with E-state index in [4.69, 9.17) is 0 Å². The number of tetrazole rings is 1. The Morgan fingerprint density at radius 1 is 1.19 bits per heavy atom. The Balaban J connectivity index is 1.40. The molecule has 3 aromatic rings. The van der Waals surface area contributed by atoms with Crippen LogP contribution in [0.15, 0.2) is 53.7 Å². The van der Waals surface area contributed by atoms with Gasteiger partial charge in [-0.1, -0.05) is 48.2 Å². The van der Waals surface area contributed by atoms with Gasteiger partial charge < -0.3 is 5.32 Å². The third-order valence-corrected chi connectivity index (χ3v) is 5.76. The molecule has 0 aliphatic heterocycles. The van der Waals surface area contributed by atoms with Crippen LogP contribution in [-0.4, -0.2) is 31.4 Å². The van der Waals surface area contributed by atoms with Crippen molar-refractivity contribution in [1.82, 2.24) is 20.2 Å². The van der Waals surface area contributed by atoms with E-state index in [-0.39, 0.29) is 11.2 Å². The summed E-state index contributed by atoms with van der Waals surface area (Å²) in [7, 11) is 0. The number of nitrogens with zero attached hydrogens (tertiary/aromatic N) is 4. The number of hydrogen-bond acceptors (Lipinski definition) is 5. The molecule has 1 amide bonds. The first-order chi connectivity index (χ1) is 13.2. The first-order valence-electron chi connectivity index (χ1n) is 9.08. The molecule has 27 heavy (non-hydrogen) atoms. The summed E-state index contributed by atoms with van der Waals surface area (Å²) in [5.74, 6) is -0.0489. The predicted molar refractivity (Wildman–Crippen MR) is 106 cm³/mol. The van der Waals surface area contributed by atoms with E-state index in [0.29, 0.717) is 11.7 Å². The lowest BCUT2D eigenvalue weighted by Crippen LogP contribution is -2.23. The molecule has 1 N–H and O–H groups in total. The molecule has 0 radical (unpaired) electrons. The zero-order valence-corrected chi connectivity index (χ0v) is 15.9. The van der Waals surface area contributed by atoms with Gasteiger partial charge in [-0.3, -0.25) is 4.79 Å². The number of hydrogen-bond donors (Lipinski definition) is 1. The fourth-order valence-corrected chi connectivity index (χ4v) is 4.03. The van der Waals surface area contributed by atoms with Crippen molar-refractivity contribution in [3.63, 3.8) is 0 Å². The van der Waals surface area contributed by atoms with E-state index in [1.54, 1.807) is 4.68 Å². The summed E-state index contributed by atoms with van der Waals surface area (Å²) >= 11 is 1.36. The number of rotatable bonds is 6. The molecule has 1 heterocycles. The third kappa shape index (κ3) is 4.19. The normalized spacial score (nSPS) is 14.0. The molecule has 6 nitrogen and oxygen atoms in total. The monoisotopic (exact) mass is 379 g/mol. The van der Waals surface area contributed by atoms with Crippen LogP contribution < -0.4 is 5.32 Å². The van der Waals surface area contributed by atoms with Crippen LogP contribution in [0.2, 0.25) is 0 Å². The first-order valence-corrected chi connectivity index (χ1v) is 9.96. The maximum atomic E-state index is 12.6. The average Bonchev–Trinajstić information content (AvgIpc) is 3.31. The van der Waals surface area contributed by atoms with Crippen molar-refractivity contribution >= 4 is 23.4 Å². The fraction of sp³-hybridized carbons (Fsp3) is 0.300. The smallest absolute Gasteiger partial charge is 0.237 e. The molecule has 0 bridgehead atoms.